The van der Waals surface area contributed by atoms with Crippen molar-refractivity contribution in [1.82, 2.24) is 71.3 Å². The van der Waals surface area contributed by atoms with Crippen molar-refractivity contribution in [2.24, 2.45) is 17.6 Å². The summed E-state index contributed by atoms with van der Waals surface area (Å²) in [6.45, 7) is 6.25. The molecule has 27 nitrogen and oxygen atoms in total. The van der Waals surface area contributed by atoms with Crippen molar-refractivity contribution in [3.05, 3.63) is 147 Å². The first-order chi connectivity index (χ1) is 48.3. The largest absolute Gasteiger partial charge is 0.508 e. The number of carbonyl (C=O) groups excluding carboxylic acids is 7. The minimum atomic E-state index is -1.44. The summed E-state index contributed by atoms with van der Waals surface area (Å²) in [6, 6.07) is 13.4. The van der Waals surface area contributed by atoms with Gasteiger partial charge in [-0.2, -0.15) is 0 Å². The van der Waals surface area contributed by atoms with E-state index in [2.05, 4.69) is 36.5 Å². The first-order valence-electron chi connectivity index (χ1n) is 32.3. The summed E-state index contributed by atoms with van der Waals surface area (Å²) in [5.41, 5.74) is 8.60. The Morgan fingerprint density at radius 1 is 0.690 bits per heavy atom. The molecule has 1 aliphatic carbocycles. The number of nitrogens with one attached hydrogen (secondary N) is 5. The second-order valence-corrected chi connectivity index (χ2v) is 30.4. The van der Waals surface area contributed by atoms with Gasteiger partial charge in [0.1, 0.15) is 99.9 Å². The number of phenolic OH excluding ortho intramolecular Hbond substituents is 1. The number of aliphatic hydroxyl groups excluding tert-OH is 1. The van der Waals surface area contributed by atoms with E-state index in [-0.39, 0.29) is 57.5 Å². The summed E-state index contributed by atoms with van der Waals surface area (Å²) < 4.78 is 6.18. The third-order valence-electron chi connectivity index (χ3n) is 18.0. The highest BCUT2D eigenvalue weighted by Crippen LogP contribution is 2.44. The highest BCUT2D eigenvalue weighted by molar-refractivity contribution is 7.15. The van der Waals surface area contributed by atoms with Crippen LogP contribution in [0, 0.1) is 18.8 Å². The molecule has 0 unspecified atom stereocenters. The van der Waals surface area contributed by atoms with E-state index in [9.17, 15) is 48.9 Å². The van der Waals surface area contributed by atoms with Gasteiger partial charge in [0.2, 0.25) is 11.8 Å². The van der Waals surface area contributed by atoms with Crippen molar-refractivity contribution >= 4 is 116 Å². The predicted molar refractivity (Wildman–Crippen MR) is 375 cm³/mol. The quantitative estimate of drug-likeness (QED) is 0.0492. The standard InChI is InChI=1S/C67H67N15O12S6/c1-32-48(94-67(93)69-20-23-81-21-6-7-22-81)26-82-53(32)64-78-47(31-99-64)61-74-43(27-96-61)51-39(18-19-40(71-51)60-76-44(29-97-60)55(86)70-37-14-12-36(13-15-37)66(91)92)59-75-45(28-95-59)56(87)72-41(25-49(68)84)62-80-50(33(2)100-62)58(89)79-52(54(85)35-8-4-3-5-9-35)63-77-46(30-98-63)57(88)73-42(65(82)90)24-34-10-16-38(83)17-11-34/h3-5,8-11,16-19,27-32,36-37,41-42,48,52-54,83,85H,6-7,12-15,20-26H2,1-2H3,(H2,68,84)(H,69,93)(H,70,86)(H,72,87)(H,73,88)(H,79,89)(H,91,92)/t32-,36?,37?,41-,42-,48-,52-,53-,54+/m0/s1. The summed E-state index contributed by atoms with van der Waals surface area (Å²) in [5.74, 6) is -5.88. The molecule has 33 heteroatoms. The number of hydrogen-bond acceptors (Lipinski definition) is 25. The fraction of sp³-hybridized carbons (Fsp3) is 0.358. The van der Waals surface area contributed by atoms with E-state index in [4.69, 9.17) is 40.4 Å². The van der Waals surface area contributed by atoms with Crippen LogP contribution >= 0.6 is 68.0 Å². The number of carboxylic acids is 1. The van der Waals surface area contributed by atoms with Gasteiger partial charge < -0.3 is 62.2 Å². The Morgan fingerprint density at radius 3 is 2.10 bits per heavy atom. The Balaban J connectivity index is 0.889. The number of thiazole rings is 6. The number of aliphatic hydroxyl groups is 1. The Kier molecular flexibility index (Phi) is 20.9. The smallest absolute Gasteiger partial charge is 0.407 e. The van der Waals surface area contributed by atoms with Crippen LogP contribution in [0.4, 0.5) is 4.79 Å². The van der Waals surface area contributed by atoms with Crippen LogP contribution in [0.1, 0.15) is 149 Å². The van der Waals surface area contributed by atoms with Crippen molar-refractivity contribution in [3.8, 4) is 49.1 Å². The van der Waals surface area contributed by atoms with Gasteiger partial charge in [0, 0.05) is 68.8 Å². The maximum absolute atomic E-state index is 15.8. The number of benzene rings is 2. The lowest BCUT2D eigenvalue weighted by Crippen LogP contribution is -2.50. The normalized spacial score (nSPS) is 21.6. The number of alkyl carbamates (subject to hydrolysis) is 1. The Bertz CT molecular complexity index is 4540. The van der Waals surface area contributed by atoms with Gasteiger partial charge in [0.15, 0.2) is 0 Å². The van der Waals surface area contributed by atoms with Crippen LogP contribution in [0.3, 0.4) is 0 Å². The fourth-order valence-corrected chi connectivity index (χ4v) is 18.0. The molecule has 2 aromatic carbocycles. The topological polar surface area (TPSA) is 389 Å². The number of aryl methyl sites for hydroxylation is 1. The zero-order valence-corrected chi connectivity index (χ0v) is 58.6. The number of nitrogens with two attached hydrogens (primary N) is 1. The van der Waals surface area contributed by atoms with Gasteiger partial charge >= 0.3 is 12.1 Å². The number of fused-ring (bicyclic) bond motifs is 16. The fourth-order valence-electron chi connectivity index (χ4n) is 12.7. The molecule has 100 heavy (non-hydrogen) atoms. The van der Waals surface area contributed by atoms with Crippen molar-refractivity contribution in [3.63, 3.8) is 0 Å². The number of aromatic nitrogens is 7. The maximum Gasteiger partial charge on any atom is 0.407 e. The molecule has 4 aliphatic rings. The number of carboxylic acid groups (broad SMARTS) is 1. The molecule has 0 spiro atoms. The number of pyridine rings is 1. The molecule has 7 atom stereocenters. The molecular formula is C67H67N15O12S6. The number of nitrogens with zero attached hydrogens (tertiary/aromatic N) is 9. The summed E-state index contributed by atoms with van der Waals surface area (Å²) in [6.07, 6.45) is 0.629. The molecule has 10 N–H and O–H groups in total. The third kappa shape index (κ3) is 15.5. The first kappa shape index (κ1) is 69.1. The molecular weight excluding hydrogens is 1400 g/mol. The number of aliphatic carboxylic acids is 1. The van der Waals surface area contributed by atoms with Gasteiger partial charge in [-0.05, 0) is 93.9 Å². The number of hydrogen-bond donors (Lipinski definition) is 9. The Morgan fingerprint density at radius 2 is 1.35 bits per heavy atom. The summed E-state index contributed by atoms with van der Waals surface area (Å²) >= 11 is 6.86. The van der Waals surface area contributed by atoms with Crippen LogP contribution in [0.25, 0.3) is 43.4 Å². The summed E-state index contributed by atoms with van der Waals surface area (Å²) in [7, 11) is 0. The monoisotopic (exact) mass is 1470 g/mol. The number of phenols is 1. The molecule has 3 aliphatic heterocycles. The lowest BCUT2D eigenvalue weighted by molar-refractivity contribution is -0.143. The molecule has 9 aromatic rings. The van der Waals surface area contributed by atoms with Gasteiger partial charge in [0.05, 0.1) is 36.7 Å². The zero-order valence-electron chi connectivity index (χ0n) is 53.7. The van der Waals surface area contributed by atoms with Crippen molar-refractivity contribution in [2.75, 3.05) is 32.7 Å². The molecule has 1 saturated carbocycles. The average Bonchev–Trinajstić information content (AvgIpc) is 1.62. The lowest BCUT2D eigenvalue weighted by Gasteiger charge is -2.29. The number of aromatic hydroxyl groups is 1. The number of ether oxygens (including phenoxy) is 1. The Labute approximate surface area is 595 Å². The van der Waals surface area contributed by atoms with Crippen LogP contribution in [0.5, 0.6) is 5.75 Å². The average molecular weight is 1470 g/mol. The van der Waals surface area contributed by atoms with E-state index in [0.717, 1.165) is 59.9 Å². The summed E-state index contributed by atoms with van der Waals surface area (Å²) in [5, 5.41) is 56.7. The van der Waals surface area contributed by atoms with Gasteiger partial charge in [-0.25, -0.2) is 39.7 Å². The van der Waals surface area contributed by atoms with Gasteiger partial charge in [-0.15, -0.1) is 68.0 Å². The van der Waals surface area contributed by atoms with Crippen molar-refractivity contribution < 1.29 is 58.4 Å². The van der Waals surface area contributed by atoms with Gasteiger partial charge in [0.25, 0.3) is 23.6 Å². The van der Waals surface area contributed by atoms with Crippen LogP contribution in [0.15, 0.2) is 93.6 Å². The number of amides is 7. The molecule has 10 bridgehead atoms. The van der Waals surface area contributed by atoms with E-state index in [0.29, 0.717) is 103 Å². The first-order valence-corrected chi connectivity index (χ1v) is 37.5. The van der Waals surface area contributed by atoms with E-state index in [1.807, 2.05) is 6.92 Å². The zero-order chi connectivity index (χ0) is 69.9. The van der Waals surface area contributed by atoms with E-state index in [1.165, 1.54) is 56.9 Å². The van der Waals surface area contributed by atoms with Crippen LogP contribution in [-0.2, 0) is 25.5 Å². The van der Waals surface area contributed by atoms with Crippen molar-refractivity contribution in [1.29, 1.82) is 0 Å². The number of primary amides is 1. The van der Waals surface area contributed by atoms with Gasteiger partial charge in [-0.3, -0.25) is 33.6 Å². The number of likely N-dealkylation sites (tertiary alicyclic amines) is 1. The molecule has 518 valence electrons. The molecule has 7 amide bonds. The second kappa shape index (κ2) is 30.2. The molecule has 2 saturated heterocycles. The van der Waals surface area contributed by atoms with E-state index < -0.39 is 102 Å². The minimum absolute atomic E-state index is 0.0214. The summed E-state index contributed by atoms with van der Waals surface area (Å²) in [4.78, 5) is 150. The van der Waals surface area contributed by atoms with Crippen LogP contribution in [0.2, 0.25) is 0 Å². The second-order valence-electron chi connectivity index (χ2n) is 24.8. The maximum atomic E-state index is 15.8. The highest BCUT2D eigenvalue weighted by Gasteiger charge is 2.48. The molecule has 3 fully saturated rings. The molecule has 13 rings (SSSR count). The number of rotatable bonds is 14. The van der Waals surface area contributed by atoms with Crippen molar-refractivity contribution in [2.45, 2.75) is 108 Å². The minimum Gasteiger partial charge on any atom is -0.508 e. The molecule has 10 heterocycles. The predicted octanol–water partition coefficient (Wildman–Crippen LogP) is 8.49. The Hall–Kier alpha value is -9.35. The molecule has 0 radical (unpaired) electrons. The molecule has 7 aromatic heterocycles. The van der Waals surface area contributed by atoms with Crippen LogP contribution in [-0.4, -0.2) is 158 Å². The van der Waals surface area contributed by atoms with E-state index >= 15 is 4.79 Å². The van der Waals surface area contributed by atoms with Gasteiger partial charge in [-0.1, -0.05) is 49.4 Å². The SMILES string of the molecule is Cc1sc2nc1C(=O)N[C@@H]([C@H](O)c1ccccc1)c1nc(cs1)C(=O)N[C@@H](Cc1ccc(O)cc1)C(=O)N1C[C@H](OC(=O)NCCN3CCCC3)[C@H](C)[C@H]1c1nc(cs1)-c1nc(cs1)-c1nc(-c3nc(C(=O)NC4CCC(C(=O)O)CC4)cs3)ccc1-c1nc(cs1)C(=O)N[C@H]2CC(N)=O. The van der Waals surface area contributed by atoms with Crippen LogP contribution < -0.4 is 32.3 Å². The lowest BCUT2D eigenvalue weighted by atomic mass is 9.86. The third-order valence-corrected chi connectivity index (χ3v) is 23.5. The highest BCUT2D eigenvalue weighted by atomic mass is 32.1. The van der Waals surface area contributed by atoms with E-state index in [1.54, 1.807) is 82.6 Å². The number of carbonyl (C=O) groups is 8.